The number of nitrogens with one attached hydrogen (secondary N) is 2. The van der Waals surface area contributed by atoms with Gasteiger partial charge in [0.2, 0.25) is 0 Å². The smallest absolute Gasteiger partial charge is 0.257 e. The Morgan fingerprint density at radius 1 is 1.18 bits per heavy atom. The summed E-state index contributed by atoms with van der Waals surface area (Å²) in [5, 5.41) is 6.95. The van der Waals surface area contributed by atoms with Crippen molar-refractivity contribution < 1.29 is 14.3 Å². The zero-order valence-corrected chi connectivity index (χ0v) is 19.5. The lowest BCUT2D eigenvalue weighted by Crippen LogP contribution is -2.42. The number of benzene rings is 1. The third-order valence-corrected chi connectivity index (χ3v) is 5.85. The van der Waals surface area contributed by atoms with Crippen molar-refractivity contribution in [1.29, 1.82) is 0 Å². The first-order valence-electron chi connectivity index (χ1n) is 11.1. The van der Waals surface area contributed by atoms with Crippen LogP contribution in [0.15, 0.2) is 48.8 Å². The van der Waals surface area contributed by atoms with Crippen molar-refractivity contribution in [2.45, 2.75) is 32.2 Å². The van der Waals surface area contributed by atoms with Gasteiger partial charge in [-0.25, -0.2) is 4.98 Å². The summed E-state index contributed by atoms with van der Waals surface area (Å²) in [6.45, 7) is 3.92. The minimum absolute atomic E-state index is 0.0177. The van der Waals surface area contributed by atoms with Crippen LogP contribution in [-0.4, -0.2) is 42.1 Å². The summed E-state index contributed by atoms with van der Waals surface area (Å²) in [5.41, 5.74) is 3.34. The molecule has 1 amide bonds. The van der Waals surface area contributed by atoms with Crippen LogP contribution in [0, 0.1) is 0 Å². The normalized spacial score (nSPS) is 14.0. The van der Waals surface area contributed by atoms with E-state index < -0.39 is 0 Å². The summed E-state index contributed by atoms with van der Waals surface area (Å²) >= 11 is 6.06. The molecule has 33 heavy (non-hydrogen) atoms. The fraction of sp³-hybridized carbons (Fsp3) is 0.320. The van der Waals surface area contributed by atoms with Gasteiger partial charge >= 0.3 is 0 Å². The molecule has 1 aliphatic rings. The van der Waals surface area contributed by atoms with Crippen molar-refractivity contribution in [3.05, 3.63) is 64.9 Å². The molecule has 1 saturated heterocycles. The first-order chi connectivity index (χ1) is 16.1. The van der Waals surface area contributed by atoms with Crippen LogP contribution >= 0.6 is 11.6 Å². The number of hydrogen-bond donors (Lipinski definition) is 2. The largest absolute Gasteiger partial charge is 0.478 e. The molecule has 1 aromatic carbocycles. The molecule has 0 spiro atoms. The molecule has 3 aromatic rings. The molecule has 0 unspecified atom stereocenters. The Hall–Kier alpha value is -3.16. The highest BCUT2D eigenvalue weighted by Crippen LogP contribution is 2.33. The lowest BCUT2D eigenvalue weighted by molar-refractivity contribution is 0.0928. The van der Waals surface area contributed by atoms with Gasteiger partial charge in [0.15, 0.2) is 5.75 Å². The highest BCUT2D eigenvalue weighted by atomic mass is 35.5. The number of carbonyl (C=O) groups is 1. The first-order valence-corrected chi connectivity index (χ1v) is 11.4. The van der Waals surface area contributed by atoms with Crippen LogP contribution < -0.4 is 20.1 Å². The summed E-state index contributed by atoms with van der Waals surface area (Å²) in [7, 11) is 1.52. The number of halogens is 1. The number of pyridine rings is 2. The second-order valence-corrected chi connectivity index (χ2v) is 8.30. The predicted octanol–water partition coefficient (Wildman–Crippen LogP) is 4.64. The number of aryl methyl sites for hydroxylation is 1. The standard InChI is InChI=1S/C25H27ClN4O3/c1-3-16-12-17(4-5-21(16)24(31)30-19-6-9-27-10-7-19)22-14-20(8-11-28-22)33-23-13-18(26)15-29-25(23)32-2/h4-5,8,11-15,19,27H,3,6-7,9-10H2,1-2H3,(H,30,31). The molecule has 0 radical (unpaired) electrons. The number of aromatic nitrogens is 2. The lowest BCUT2D eigenvalue weighted by Gasteiger charge is -2.24. The zero-order valence-electron chi connectivity index (χ0n) is 18.7. The van der Waals surface area contributed by atoms with Crippen LogP contribution in [0.2, 0.25) is 5.02 Å². The van der Waals surface area contributed by atoms with E-state index in [0.29, 0.717) is 28.0 Å². The molecule has 0 saturated carbocycles. The molecule has 4 rings (SSSR count). The van der Waals surface area contributed by atoms with Crippen LogP contribution in [0.25, 0.3) is 11.3 Å². The van der Waals surface area contributed by atoms with Crippen molar-refractivity contribution in [2.75, 3.05) is 20.2 Å². The van der Waals surface area contributed by atoms with E-state index in [-0.39, 0.29) is 11.9 Å². The van der Waals surface area contributed by atoms with Gasteiger partial charge in [0.1, 0.15) is 5.75 Å². The maximum Gasteiger partial charge on any atom is 0.257 e. The average molecular weight is 467 g/mol. The Balaban J connectivity index is 1.55. The molecule has 8 heteroatoms. The molecule has 1 fully saturated rings. The number of nitrogens with zero attached hydrogens (tertiary/aromatic N) is 2. The van der Waals surface area contributed by atoms with Crippen molar-refractivity contribution >= 4 is 17.5 Å². The highest BCUT2D eigenvalue weighted by molar-refractivity contribution is 6.30. The number of methoxy groups -OCH3 is 1. The molecule has 2 aromatic heterocycles. The molecule has 3 heterocycles. The molecule has 0 atom stereocenters. The van der Waals surface area contributed by atoms with E-state index in [9.17, 15) is 4.79 Å². The van der Waals surface area contributed by atoms with Gasteiger partial charge in [0, 0.05) is 41.7 Å². The summed E-state index contributed by atoms with van der Waals surface area (Å²) < 4.78 is 11.2. The van der Waals surface area contributed by atoms with E-state index in [1.807, 2.05) is 31.2 Å². The molecular formula is C25H27ClN4O3. The van der Waals surface area contributed by atoms with Crippen LogP contribution in [0.4, 0.5) is 0 Å². The number of ether oxygens (including phenoxy) is 2. The maximum atomic E-state index is 12.9. The Kier molecular flexibility index (Phi) is 7.42. The van der Waals surface area contributed by atoms with Crippen LogP contribution in [0.3, 0.4) is 0 Å². The van der Waals surface area contributed by atoms with Gasteiger partial charge in [-0.1, -0.05) is 24.6 Å². The Morgan fingerprint density at radius 2 is 2.00 bits per heavy atom. The molecule has 0 bridgehead atoms. The second kappa shape index (κ2) is 10.6. The fourth-order valence-corrected chi connectivity index (χ4v) is 4.04. The average Bonchev–Trinajstić information content (AvgIpc) is 2.84. The van der Waals surface area contributed by atoms with Crippen molar-refractivity contribution in [2.24, 2.45) is 0 Å². The van der Waals surface area contributed by atoms with Crippen LogP contribution in [0.1, 0.15) is 35.7 Å². The first kappa shape index (κ1) is 23.0. The van der Waals surface area contributed by atoms with Crippen molar-refractivity contribution in [3.63, 3.8) is 0 Å². The molecule has 2 N–H and O–H groups in total. The van der Waals surface area contributed by atoms with Gasteiger partial charge in [-0.3, -0.25) is 9.78 Å². The fourth-order valence-electron chi connectivity index (χ4n) is 3.89. The second-order valence-electron chi connectivity index (χ2n) is 7.86. The van der Waals surface area contributed by atoms with E-state index in [4.69, 9.17) is 21.1 Å². The molecule has 0 aliphatic carbocycles. The van der Waals surface area contributed by atoms with E-state index in [2.05, 4.69) is 20.6 Å². The number of carbonyl (C=O) groups excluding carboxylic acids is 1. The minimum atomic E-state index is -0.0177. The van der Waals surface area contributed by atoms with Gasteiger partial charge in [-0.05, 0) is 56.1 Å². The third kappa shape index (κ3) is 5.61. The van der Waals surface area contributed by atoms with Gasteiger partial charge in [-0.2, -0.15) is 0 Å². The Morgan fingerprint density at radius 3 is 2.76 bits per heavy atom. The minimum Gasteiger partial charge on any atom is -0.478 e. The van der Waals surface area contributed by atoms with Gasteiger partial charge < -0.3 is 20.1 Å². The Labute approximate surface area is 198 Å². The summed E-state index contributed by atoms with van der Waals surface area (Å²) in [6, 6.07) is 11.3. The lowest BCUT2D eigenvalue weighted by atomic mass is 9.98. The van der Waals surface area contributed by atoms with E-state index >= 15 is 0 Å². The quantitative estimate of drug-likeness (QED) is 0.527. The van der Waals surface area contributed by atoms with E-state index in [0.717, 1.165) is 49.2 Å². The van der Waals surface area contributed by atoms with Crippen molar-refractivity contribution in [3.8, 4) is 28.6 Å². The van der Waals surface area contributed by atoms with Crippen LogP contribution in [0.5, 0.6) is 17.4 Å². The zero-order chi connectivity index (χ0) is 23.2. The highest BCUT2D eigenvalue weighted by Gasteiger charge is 2.19. The van der Waals surface area contributed by atoms with Crippen molar-refractivity contribution in [1.82, 2.24) is 20.6 Å². The topological polar surface area (TPSA) is 85.4 Å². The Bertz CT molecular complexity index is 1130. The number of amides is 1. The maximum absolute atomic E-state index is 12.9. The van der Waals surface area contributed by atoms with Gasteiger partial charge in [-0.15, -0.1) is 0 Å². The third-order valence-electron chi connectivity index (χ3n) is 5.64. The molecule has 7 nitrogen and oxygen atoms in total. The molecular weight excluding hydrogens is 440 g/mol. The summed E-state index contributed by atoms with van der Waals surface area (Å²) in [4.78, 5) is 21.5. The SMILES string of the molecule is CCc1cc(-c2cc(Oc3cc(Cl)cnc3OC)ccn2)ccc1C(=O)NC1CCNCC1. The predicted molar refractivity (Wildman–Crippen MR) is 128 cm³/mol. The van der Waals surface area contributed by atoms with Gasteiger partial charge in [0.25, 0.3) is 11.8 Å². The van der Waals surface area contributed by atoms with E-state index in [1.54, 1.807) is 18.3 Å². The van der Waals surface area contributed by atoms with Crippen LogP contribution in [-0.2, 0) is 6.42 Å². The van der Waals surface area contributed by atoms with E-state index in [1.165, 1.54) is 13.3 Å². The number of hydrogen-bond acceptors (Lipinski definition) is 6. The van der Waals surface area contributed by atoms with Gasteiger partial charge in [0.05, 0.1) is 17.8 Å². The molecule has 172 valence electrons. The monoisotopic (exact) mass is 466 g/mol. The number of rotatable bonds is 7. The summed E-state index contributed by atoms with van der Waals surface area (Å²) in [5.74, 6) is 1.32. The number of piperidine rings is 1. The molecule has 1 aliphatic heterocycles. The summed E-state index contributed by atoms with van der Waals surface area (Å²) in [6.07, 6.45) is 5.83.